The van der Waals surface area contributed by atoms with Gasteiger partial charge in [-0.3, -0.25) is 4.79 Å². The van der Waals surface area contributed by atoms with E-state index in [9.17, 15) is 4.79 Å². The molecule has 10 heteroatoms. The maximum Gasteiger partial charge on any atom is 0.267 e. The van der Waals surface area contributed by atoms with Crippen molar-refractivity contribution in [1.82, 2.24) is 29.6 Å². The lowest BCUT2D eigenvalue weighted by atomic mass is 10.1. The largest absolute Gasteiger partial charge is 0.497 e. The number of fused-ring (bicyclic) bond motifs is 1. The summed E-state index contributed by atoms with van der Waals surface area (Å²) in [6, 6.07) is 14.0. The van der Waals surface area contributed by atoms with Gasteiger partial charge in [-0.2, -0.15) is 9.61 Å². The molecule has 1 aliphatic rings. The molecule has 10 nitrogen and oxygen atoms in total. The summed E-state index contributed by atoms with van der Waals surface area (Å²) < 4.78 is 14.1. The Hall–Kier alpha value is -3.79. The summed E-state index contributed by atoms with van der Waals surface area (Å²) in [5.41, 5.74) is 2.04. The van der Waals surface area contributed by atoms with E-state index in [-0.39, 0.29) is 17.6 Å². The Kier molecular flexibility index (Phi) is 4.83. The first-order valence-electron chi connectivity index (χ1n) is 9.90. The number of aromatic nitrogens is 6. The van der Waals surface area contributed by atoms with Crippen molar-refractivity contribution < 1.29 is 9.47 Å². The second-order valence-electron chi connectivity index (χ2n) is 7.32. The van der Waals surface area contributed by atoms with Crippen molar-refractivity contribution in [3.05, 3.63) is 64.7 Å². The van der Waals surface area contributed by atoms with E-state index in [2.05, 4.69) is 25.7 Å². The Morgan fingerprint density at radius 2 is 2.00 bits per heavy atom. The predicted molar refractivity (Wildman–Crippen MR) is 113 cm³/mol. The molecule has 3 aromatic heterocycles. The highest BCUT2D eigenvalue weighted by Gasteiger charge is 2.32. The third kappa shape index (κ3) is 3.61. The summed E-state index contributed by atoms with van der Waals surface area (Å²) in [6.45, 7) is 2.65. The zero-order valence-electron chi connectivity index (χ0n) is 17.1. The van der Waals surface area contributed by atoms with Crippen molar-refractivity contribution in [2.24, 2.45) is 0 Å². The third-order valence-corrected chi connectivity index (χ3v) is 5.31. The van der Waals surface area contributed by atoms with Crippen LogP contribution in [0.2, 0.25) is 0 Å². The van der Waals surface area contributed by atoms with Gasteiger partial charge in [0.15, 0.2) is 11.5 Å². The van der Waals surface area contributed by atoms with Crippen molar-refractivity contribution in [3.63, 3.8) is 0 Å². The molecular weight excluding hydrogens is 398 g/mol. The summed E-state index contributed by atoms with van der Waals surface area (Å²) >= 11 is 0. The fourth-order valence-corrected chi connectivity index (χ4v) is 3.68. The first kappa shape index (κ1) is 19.2. The molecule has 31 heavy (non-hydrogen) atoms. The van der Waals surface area contributed by atoms with Crippen LogP contribution in [0.3, 0.4) is 0 Å². The van der Waals surface area contributed by atoms with Crippen LogP contribution in [-0.4, -0.2) is 56.0 Å². The van der Waals surface area contributed by atoms with E-state index in [4.69, 9.17) is 9.47 Å². The van der Waals surface area contributed by atoms with Crippen LogP contribution < -0.4 is 15.6 Å². The predicted octanol–water partition coefficient (Wildman–Crippen LogP) is 1.72. The second kappa shape index (κ2) is 7.80. The highest BCUT2D eigenvalue weighted by molar-refractivity contribution is 5.60. The third-order valence-electron chi connectivity index (χ3n) is 5.31. The van der Waals surface area contributed by atoms with E-state index in [1.807, 2.05) is 43.3 Å². The summed E-state index contributed by atoms with van der Waals surface area (Å²) in [7, 11) is 1.62. The molecule has 1 aliphatic heterocycles. The molecule has 0 radical (unpaired) electrons. The summed E-state index contributed by atoms with van der Waals surface area (Å²) in [5.74, 6) is 2.07. The summed E-state index contributed by atoms with van der Waals surface area (Å²) in [6.07, 6.45) is 0. The molecule has 2 atom stereocenters. The number of benzene rings is 1. The number of nitrogens with zero attached hydrogens (tertiary/aromatic N) is 6. The molecule has 4 heterocycles. The molecule has 4 aromatic rings. The zero-order valence-corrected chi connectivity index (χ0v) is 17.1. The fourth-order valence-electron chi connectivity index (χ4n) is 3.68. The summed E-state index contributed by atoms with van der Waals surface area (Å²) in [5, 5.41) is 20.6. The minimum atomic E-state index is -0.280. The van der Waals surface area contributed by atoms with Crippen molar-refractivity contribution >= 4 is 11.5 Å². The highest BCUT2D eigenvalue weighted by atomic mass is 16.5. The Bertz CT molecular complexity index is 1300. The van der Waals surface area contributed by atoms with Crippen LogP contribution in [-0.2, 0) is 4.74 Å². The Morgan fingerprint density at radius 3 is 2.87 bits per heavy atom. The molecule has 2 unspecified atom stereocenters. The van der Waals surface area contributed by atoms with Gasteiger partial charge in [0.1, 0.15) is 17.6 Å². The van der Waals surface area contributed by atoms with Gasteiger partial charge >= 0.3 is 0 Å². The zero-order chi connectivity index (χ0) is 21.4. The van der Waals surface area contributed by atoms with Crippen LogP contribution in [0.4, 0.5) is 5.82 Å². The number of hydrogen-bond donors (Lipinski definition) is 1. The van der Waals surface area contributed by atoms with E-state index >= 15 is 0 Å². The number of nitrogens with one attached hydrogen (secondary N) is 1. The van der Waals surface area contributed by atoms with Crippen molar-refractivity contribution in [2.45, 2.75) is 19.0 Å². The van der Waals surface area contributed by atoms with Gasteiger partial charge in [0.25, 0.3) is 5.56 Å². The topological polar surface area (TPSA) is 108 Å². The normalized spacial score (nSPS) is 18.4. The van der Waals surface area contributed by atoms with E-state index in [1.165, 1.54) is 10.7 Å². The highest BCUT2D eigenvalue weighted by Crippen LogP contribution is 2.24. The van der Waals surface area contributed by atoms with Crippen LogP contribution >= 0.6 is 0 Å². The van der Waals surface area contributed by atoms with Gasteiger partial charge in [-0.1, -0.05) is 12.1 Å². The molecular formula is C21H21N7O3. The van der Waals surface area contributed by atoms with Crippen LogP contribution in [0.25, 0.3) is 16.9 Å². The van der Waals surface area contributed by atoms with Crippen LogP contribution in [0.15, 0.2) is 53.3 Å². The lowest BCUT2D eigenvalue weighted by Gasteiger charge is -2.21. The Morgan fingerprint density at radius 1 is 1.10 bits per heavy atom. The SMILES string of the molecule is COc1cccc(-c2ccc(=O)n(C3COCC3Nc3ccc4nnc(C)n4n3)n2)c1. The quantitative estimate of drug-likeness (QED) is 0.521. The van der Waals surface area contributed by atoms with Crippen LogP contribution in [0, 0.1) is 6.92 Å². The molecule has 0 spiro atoms. The number of anilines is 1. The summed E-state index contributed by atoms with van der Waals surface area (Å²) in [4.78, 5) is 12.7. The van der Waals surface area contributed by atoms with Gasteiger partial charge in [-0.05, 0) is 37.3 Å². The molecule has 5 rings (SSSR count). The fraction of sp³-hybridized carbons (Fsp3) is 0.286. The van der Waals surface area contributed by atoms with Gasteiger partial charge in [0.05, 0.1) is 32.1 Å². The standard InChI is InChI=1S/C21H21N7O3/c1-13-23-24-20-8-7-19(26-27(13)20)22-17-11-31-12-18(17)28-21(29)9-6-16(25-28)14-4-3-5-15(10-14)30-2/h3-10,17-18H,11-12H2,1-2H3,(H,22,26). The number of rotatable bonds is 5. The van der Waals surface area contributed by atoms with E-state index in [1.54, 1.807) is 17.7 Å². The maximum absolute atomic E-state index is 12.7. The average molecular weight is 419 g/mol. The first-order chi connectivity index (χ1) is 15.1. The minimum absolute atomic E-state index is 0.174. The van der Waals surface area contributed by atoms with Crippen molar-refractivity contribution in [3.8, 4) is 17.0 Å². The van der Waals surface area contributed by atoms with Crippen LogP contribution in [0.1, 0.15) is 11.9 Å². The van der Waals surface area contributed by atoms with Crippen molar-refractivity contribution in [1.29, 1.82) is 0 Å². The lowest BCUT2D eigenvalue weighted by Crippen LogP contribution is -2.37. The molecule has 0 amide bonds. The number of ether oxygens (including phenoxy) is 2. The second-order valence-corrected chi connectivity index (χ2v) is 7.32. The van der Waals surface area contributed by atoms with E-state index < -0.39 is 0 Å². The first-order valence-corrected chi connectivity index (χ1v) is 9.90. The minimum Gasteiger partial charge on any atom is -0.497 e. The molecule has 0 saturated carbocycles. The average Bonchev–Trinajstić information content (AvgIpc) is 3.41. The molecule has 1 aromatic carbocycles. The molecule has 1 fully saturated rings. The molecule has 1 saturated heterocycles. The van der Waals surface area contributed by atoms with Gasteiger partial charge < -0.3 is 14.8 Å². The van der Waals surface area contributed by atoms with Crippen LogP contribution in [0.5, 0.6) is 5.75 Å². The smallest absolute Gasteiger partial charge is 0.267 e. The monoisotopic (exact) mass is 419 g/mol. The van der Waals surface area contributed by atoms with Gasteiger partial charge in [-0.15, -0.1) is 15.3 Å². The molecule has 1 N–H and O–H groups in total. The maximum atomic E-state index is 12.7. The molecule has 0 aliphatic carbocycles. The molecule has 158 valence electrons. The number of hydrogen-bond acceptors (Lipinski definition) is 8. The van der Waals surface area contributed by atoms with Gasteiger partial charge in [0, 0.05) is 11.6 Å². The Labute approximate surface area is 177 Å². The van der Waals surface area contributed by atoms with Crippen molar-refractivity contribution in [2.75, 3.05) is 25.6 Å². The molecule has 0 bridgehead atoms. The van der Waals surface area contributed by atoms with Gasteiger partial charge in [0.2, 0.25) is 0 Å². The number of methoxy groups -OCH3 is 1. The number of aryl methyl sites for hydroxylation is 1. The van der Waals surface area contributed by atoms with Gasteiger partial charge in [-0.25, -0.2) is 4.68 Å². The Balaban J connectivity index is 1.45. The van der Waals surface area contributed by atoms with E-state index in [0.29, 0.717) is 36.2 Å². The lowest BCUT2D eigenvalue weighted by molar-refractivity contribution is 0.183. The van der Waals surface area contributed by atoms with E-state index in [0.717, 1.165) is 11.3 Å².